The van der Waals surface area contributed by atoms with Gasteiger partial charge in [-0.3, -0.25) is 9.59 Å². The SMILES string of the molecule is CCN(CC)C(=O)COc1c(-c2ccc(OC)cc2)oc2cc(C)c(Cl)cc2c1=O. The number of hydrogen-bond donors (Lipinski definition) is 0. The zero-order valence-electron chi connectivity index (χ0n) is 17.5. The third-order valence-electron chi connectivity index (χ3n) is 4.94. The fourth-order valence-electron chi connectivity index (χ4n) is 3.16. The molecule has 0 saturated heterocycles. The summed E-state index contributed by atoms with van der Waals surface area (Å²) in [7, 11) is 1.57. The van der Waals surface area contributed by atoms with Crippen LogP contribution in [0.15, 0.2) is 45.6 Å². The van der Waals surface area contributed by atoms with Crippen LogP contribution in [-0.2, 0) is 4.79 Å². The maximum Gasteiger partial charge on any atom is 0.260 e. The highest BCUT2D eigenvalue weighted by molar-refractivity contribution is 6.32. The molecule has 0 unspecified atom stereocenters. The van der Waals surface area contributed by atoms with E-state index in [2.05, 4.69) is 0 Å². The largest absolute Gasteiger partial charge is 0.497 e. The van der Waals surface area contributed by atoms with Gasteiger partial charge in [-0.15, -0.1) is 0 Å². The minimum Gasteiger partial charge on any atom is -0.497 e. The van der Waals surface area contributed by atoms with Crippen LogP contribution in [-0.4, -0.2) is 37.6 Å². The molecule has 3 rings (SSSR count). The normalized spacial score (nSPS) is 10.8. The first kappa shape index (κ1) is 21.7. The molecule has 0 bridgehead atoms. The number of fused-ring (bicyclic) bond motifs is 1. The number of amides is 1. The number of rotatable bonds is 7. The van der Waals surface area contributed by atoms with Crippen molar-refractivity contribution in [3.63, 3.8) is 0 Å². The van der Waals surface area contributed by atoms with E-state index in [0.717, 1.165) is 5.56 Å². The first-order valence-corrected chi connectivity index (χ1v) is 10.1. The van der Waals surface area contributed by atoms with E-state index < -0.39 is 0 Å². The molecule has 1 amide bonds. The fraction of sp³-hybridized carbons (Fsp3) is 0.304. The minimum atomic E-state index is -0.378. The van der Waals surface area contributed by atoms with Crippen molar-refractivity contribution < 1.29 is 18.7 Å². The number of hydrogen-bond acceptors (Lipinski definition) is 5. The van der Waals surface area contributed by atoms with Crippen molar-refractivity contribution in [2.45, 2.75) is 20.8 Å². The van der Waals surface area contributed by atoms with Gasteiger partial charge in [-0.05, 0) is 62.7 Å². The van der Waals surface area contributed by atoms with Crippen LogP contribution in [0.5, 0.6) is 11.5 Å². The lowest BCUT2D eigenvalue weighted by molar-refractivity contribution is -0.132. The molecule has 0 aliphatic carbocycles. The monoisotopic (exact) mass is 429 g/mol. The van der Waals surface area contributed by atoms with E-state index in [1.165, 1.54) is 0 Å². The van der Waals surface area contributed by atoms with E-state index in [0.29, 0.717) is 40.4 Å². The quantitative estimate of drug-likeness (QED) is 0.545. The highest BCUT2D eigenvalue weighted by atomic mass is 35.5. The number of carbonyl (C=O) groups excluding carboxylic acids is 1. The molecule has 1 heterocycles. The average Bonchev–Trinajstić information content (AvgIpc) is 2.75. The fourth-order valence-corrected chi connectivity index (χ4v) is 3.33. The van der Waals surface area contributed by atoms with E-state index in [4.69, 9.17) is 25.5 Å². The number of benzene rings is 2. The first-order chi connectivity index (χ1) is 14.4. The third kappa shape index (κ3) is 4.28. The lowest BCUT2D eigenvalue weighted by Gasteiger charge is -2.19. The molecular weight excluding hydrogens is 406 g/mol. The van der Waals surface area contributed by atoms with E-state index >= 15 is 0 Å². The Morgan fingerprint density at radius 3 is 2.40 bits per heavy atom. The van der Waals surface area contributed by atoms with Gasteiger partial charge in [-0.25, -0.2) is 0 Å². The Bertz CT molecular complexity index is 1120. The first-order valence-electron chi connectivity index (χ1n) is 9.71. The van der Waals surface area contributed by atoms with Crippen LogP contribution >= 0.6 is 11.6 Å². The Morgan fingerprint density at radius 2 is 1.80 bits per heavy atom. The second-order valence-corrected chi connectivity index (χ2v) is 7.18. The van der Waals surface area contributed by atoms with E-state index in [9.17, 15) is 9.59 Å². The van der Waals surface area contributed by atoms with Crippen molar-refractivity contribution >= 4 is 28.5 Å². The van der Waals surface area contributed by atoms with Gasteiger partial charge < -0.3 is 18.8 Å². The molecule has 2 aromatic carbocycles. The van der Waals surface area contributed by atoms with Gasteiger partial charge in [0.1, 0.15) is 11.3 Å². The lowest BCUT2D eigenvalue weighted by Crippen LogP contribution is -2.35. The summed E-state index contributed by atoms with van der Waals surface area (Å²) < 4.78 is 17.0. The minimum absolute atomic E-state index is 0.0203. The van der Waals surface area contributed by atoms with Gasteiger partial charge in [0.05, 0.1) is 12.5 Å². The number of ether oxygens (including phenoxy) is 2. The number of methoxy groups -OCH3 is 1. The summed E-state index contributed by atoms with van der Waals surface area (Å²) in [6.07, 6.45) is 0. The van der Waals surface area contributed by atoms with E-state index in [-0.39, 0.29) is 29.5 Å². The van der Waals surface area contributed by atoms with Crippen LogP contribution in [0.3, 0.4) is 0 Å². The summed E-state index contributed by atoms with van der Waals surface area (Å²) in [5.74, 6) is 0.697. The second-order valence-electron chi connectivity index (χ2n) is 6.77. The summed E-state index contributed by atoms with van der Waals surface area (Å²) in [5.41, 5.74) is 1.44. The molecule has 0 spiro atoms. The smallest absolute Gasteiger partial charge is 0.260 e. The number of halogens is 1. The average molecular weight is 430 g/mol. The lowest BCUT2D eigenvalue weighted by atomic mass is 10.1. The van der Waals surface area contributed by atoms with Gasteiger partial charge in [0.15, 0.2) is 12.4 Å². The molecule has 0 saturated carbocycles. The van der Waals surface area contributed by atoms with Crippen molar-refractivity contribution in [3.8, 4) is 22.8 Å². The Balaban J connectivity index is 2.13. The highest BCUT2D eigenvalue weighted by Crippen LogP contribution is 2.33. The predicted molar refractivity (Wildman–Crippen MR) is 118 cm³/mol. The van der Waals surface area contributed by atoms with Gasteiger partial charge in [0.25, 0.3) is 5.91 Å². The summed E-state index contributed by atoms with van der Waals surface area (Å²) in [6.45, 7) is 6.47. The number of nitrogens with zero attached hydrogens (tertiary/aromatic N) is 1. The maximum atomic E-state index is 13.2. The molecular formula is C23H24ClNO5. The molecule has 0 N–H and O–H groups in total. The molecule has 7 heteroatoms. The van der Waals surface area contributed by atoms with Gasteiger partial charge in [-0.2, -0.15) is 0 Å². The van der Waals surface area contributed by atoms with Crippen LogP contribution in [0, 0.1) is 6.92 Å². The Morgan fingerprint density at radius 1 is 1.13 bits per heavy atom. The Hall–Kier alpha value is -2.99. The van der Waals surface area contributed by atoms with Gasteiger partial charge in [-0.1, -0.05) is 11.6 Å². The van der Waals surface area contributed by atoms with Crippen molar-refractivity contribution in [3.05, 3.63) is 57.2 Å². The molecule has 0 aliphatic rings. The van der Waals surface area contributed by atoms with Crippen LogP contribution < -0.4 is 14.9 Å². The zero-order valence-corrected chi connectivity index (χ0v) is 18.2. The molecule has 0 fully saturated rings. The summed E-state index contributed by atoms with van der Waals surface area (Å²) in [4.78, 5) is 27.3. The van der Waals surface area contributed by atoms with Gasteiger partial charge in [0.2, 0.25) is 11.2 Å². The molecule has 30 heavy (non-hydrogen) atoms. The van der Waals surface area contributed by atoms with Crippen LogP contribution in [0.25, 0.3) is 22.3 Å². The highest BCUT2D eigenvalue weighted by Gasteiger charge is 2.21. The zero-order chi connectivity index (χ0) is 21.8. The topological polar surface area (TPSA) is 69.0 Å². The molecule has 0 atom stereocenters. The van der Waals surface area contributed by atoms with Crippen LogP contribution in [0.1, 0.15) is 19.4 Å². The molecule has 3 aromatic rings. The maximum absolute atomic E-state index is 13.2. The van der Waals surface area contributed by atoms with Crippen molar-refractivity contribution in [1.29, 1.82) is 0 Å². The molecule has 1 aromatic heterocycles. The van der Waals surface area contributed by atoms with Crippen molar-refractivity contribution in [2.75, 3.05) is 26.8 Å². The molecule has 0 aliphatic heterocycles. The number of aryl methyl sites for hydroxylation is 1. The van der Waals surface area contributed by atoms with Gasteiger partial charge in [0, 0.05) is 23.7 Å². The number of likely N-dealkylation sites (N-methyl/N-ethyl adjacent to an activating group) is 1. The van der Waals surface area contributed by atoms with Crippen molar-refractivity contribution in [2.24, 2.45) is 0 Å². The molecule has 0 radical (unpaired) electrons. The summed E-state index contributed by atoms with van der Waals surface area (Å²) >= 11 is 6.21. The second kappa shape index (κ2) is 9.22. The predicted octanol–water partition coefficient (Wildman–Crippen LogP) is 4.68. The van der Waals surface area contributed by atoms with Crippen LogP contribution in [0.2, 0.25) is 5.02 Å². The summed E-state index contributed by atoms with van der Waals surface area (Å²) in [5, 5.41) is 0.755. The molecule has 158 valence electrons. The van der Waals surface area contributed by atoms with E-state index in [1.807, 2.05) is 20.8 Å². The Labute approximate surface area is 180 Å². The van der Waals surface area contributed by atoms with Crippen LogP contribution in [0.4, 0.5) is 0 Å². The summed E-state index contributed by atoms with van der Waals surface area (Å²) in [6, 6.07) is 10.3. The standard InChI is InChI=1S/C23H24ClNO5/c1-5-25(6-2)20(26)13-29-23-21(27)17-12-18(24)14(3)11-19(17)30-22(23)15-7-9-16(28-4)10-8-15/h7-12H,5-6,13H2,1-4H3. The van der Waals surface area contributed by atoms with E-state index in [1.54, 1.807) is 48.4 Å². The molecule has 6 nitrogen and oxygen atoms in total. The van der Waals surface area contributed by atoms with Gasteiger partial charge >= 0.3 is 0 Å². The number of carbonyl (C=O) groups is 1. The van der Waals surface area contributed by atoms with Crippen molar-refractivity contribution in [1.82, 2.24) is 4.90 Å². The Kier molecular flexibility index (Phi) is 6.67. The third-order valence-corrected chi connectivity index (χ3v) is 5.35.